The van der Waals surface area contributed by atoms with Gasteiger partial charge in [-0.3, -0.25) is 4.90 Å². The summed E-state index contributed by atoms with van der Waals surface area (Å²) in [7, 11) is 2.22. The van der Waals surface area contributed by atoms with E-state index in [1.807, 2.05) is 24.3 Å². The topological polar surface area (TPSA) is 3.24 Å². The first-order valence-corrected chi connectivity index (χ1v) is 7.77. The van der Waals surface area contributed by atoms with Crippen molar-refractivity contribution in [3.8, 4) is 11.8 Å². The molecule has 2 heteroatoms. The van der Waals surface area contributed by atoms with Crippen LogP contribution in [0, 0.1) is 11.8 Å². The number of hydrogen-bond donors (Lipinski definition) is 0. The molecule has 0 unspecified atom stereocenters. The second kappa shape index (κ2) is 5.87. The Morgan fingerprint density at radius 1 is 1.14 bits per heavy atom. The van der Waals surface area contributed by atoms with Crippen LogP contribution < -0.4 is 0 Å². The zero-order valence-corrected chi connectivity index (χ0v) is 14.4. The van der Waals surface area contributed by atoms with Crippen molar-refractivity contribution < 1.29 is 0 Å². The number of allylic oxidation sites excluding steroid dienone is 1. The molecule has 1 saturated heterocycles. The van der Waals surface area contributed by atoms with Gasteiger partial charge in [0.15, 0.2) is 0 Å². The lowest BCUT2D eigenvalue weighted by Crippen LogP contribution is -2.56. The lowest BCUT2D eigenvalue weighted by Gasteiger charge is -2.51. The first kappa shape index (κ1) is 16.1. The molecule has 0 aliphatic carbocycles. The zero-order chi connectivity index (χ0) is 15.7. The number of piperidine rings is 1. The molecule has 21 heavy (non-hydrogen) atoms. The van der Waals surface area contributed by atoms with Crippen molar-refractivity contribution in [3.63, 3.8) is 0 Å². The molecule has 1 aliphatic rings. The molecule has 0 bridgehead atoms. The van der Waals surface area contributed by atoms with Crippen molar-refractivity contribution in [3.05, 3.63) is 46.5 Å². The Hall–Kier alpha value is -1.23. The van der Waals surface area contributed by atoms with E-state index in [9.17, 15) is 0 Å². The van der Waals surface area contributed by atoms with Crippen LogP contribution in [0.5, 0.6) is 0 Å². The SMILES string of the molecule is CN1C(C)(C)CC(=CC#Cc2cccc(Cl)c2)CC1(C)C. The minimum absolute atomic E-state index is 0.172. The highest BCUT2D eigenvalue weighted by Gasteiger charge is 2.40. The molecule has 0 atom stereocenters. The van der Waals surface area contributed by atoms with Gasteiger partial charge in [-0.15, -0.1) is 0 Å². The molecule has 0 aromatic heterocycles. The smallest absolute Gasteiger partial charge is 0.0418 e. The van der Waals surface area contributed by atoms with Crippen LogP contribution in [-0.2, 0) is 0 Å². The van der Waals surface area contributed by atoms with Gasteiger partial charge in [-0.1, -0.05) is 35.1 Å². The van der Waals surface area contributed by atoms with Crippen LogP contribution in [0.1, 0.15) is 46.1 Å². The second-order valence-corrected chi connectivity index (χ2v) is 7.56. The van der Waals surface area contributed by atoms with Crippen LogP contribution in [0.3, 0.4) is 0 Å². The first-order chi connectivity index (χ1) is 9.71. The fourth-order valence-corrected chi connectivity index (χ4v) is 3.31. The molecular weight excluding hydrogens is 278 g/mol. The highest BCUT2D eigenvalue weighted by Crippen LogP contribution is 2.39. The summed E-state index contributed by atoms with van der Waals surface area (Å²) in [5, 5.41) is 0.732. The number of halogens is 1. The van der Waals surface area contributed by atoms with E-state index in [1.54, 1.807) is 0 Å². The molecule has 1 heterocycles. The number of benzene rings is 1. The van der Waals surface area contributed by atoms with E-state index >= 15 is 0 Å². The van der Waals surface area contributed by atoms with E-state index in [2.05, 4.69) is 57.6 Å². The summed E-state index contributed by atoms with van der Waals surface area (Å²) in [6.45, 7) is 9.19. The molecule has 1 fully saturated rings. The van der Waals surface area contributed by atoms with Crippen LogP contribution in [0.4, 0.5) is 0 Å². The normalized spacial score (nSPS) is 20.6. The maximum atomic E-state index is 5.97. The molecule has 112 valence electrons. The molecule has 0 amide bonds. The number of nitrogens with zero attached hydrogens (tertiary/aromatic N) is 1. The molecule has 1 aromatic rings. The third-order valence-electron chi connectivity index (χ3n) is 4.45. The van der Waals surface area contributed by atoms with E-state index in [0.717, 1.165) is 23.4 Å². The molecule has 2 rings (SSSR count). The summed E-state index contributed by atoms with van der Waals surface area (Å²) in [4.78, 5) is 2.47. The van der Waals surface area contributed by atoms with Gasteiger partial charge < -0.3 is 0 Å². The van der Waals surface area contributed by atoms with E-state index in [1.165, 1.54) is 5.57 Å². The van der Waals surface area contributed by atoms with Gasteiger partial charge in [0.05, 0.1) is 0 Å². The number of likely N-dealkylation sites (tertiary alicyclic amines) is 1. The van der Waals surface area contributed by atoms with Crippen LogP contribution >= 0.6 is 11.6 Å². The van der Waals surface area contributed by atoms with Gasteiger partial charge in [0.25, 0.3) is 0 Å². The Morgan fingerprint density at radius 2 is 1.76 bits per heavy atom. The summed E-state index contributed by atoms with van der Waals surface area (Å²) in [5.41, 5.74) is 2.74. The molecular formula is C19H24ClN. The summed E-state index contributed by atoms with van der Waals surface area (Å²) in [5.74, 6) is 6.37. The summed E-state index contributed by atoms with van der Waals surface area (Å²) in [6.07, 6.45) is 4.23. The van der Waals surface area contributed by atoms with Gasteiger partial charge in [-0.05, 0) is 71.9 Å². The van der Waals surface area contributed by atoms with Crippen molar-refractivity contribution in [2.75, 3.05) is 7.05 Å². The predicted molar refractivity (Wildman–Crippen MR) is 91.6 cm³/mol. The van der Waals surface area contributed by atoms with Crippen LogP contribution in [0.2, 0.25) is 5.02 Å². The Labute approximate surface area is 134 Å². The van der Waals surface area contributed by atoms with Gasteiger partial charge in [0, 0.05) is 21.7 Å². The van der Waals surface area contributed by atoms with Crippen molar-refractivity contribution in [1.82, 2.24) is 4.90 Å². The highest BCUT2D eigenvalue weighted by atomic mass is 35.5. The van der Waals surface area contributed by atoms with E-state index in [0.29, 0.717) is 0 Å². The lowest BCUT2D eigenvalue weighted by molar-refractivity contribution is 0.0211. The zero-order valence-electron chi connectivity index (χ0n) is 13.6. The standard InChI is InChI=1S/C19H24ClN/c1-18(2)13-16(14-19(3,4)21(18)5)10-6-8-15-9-7-11-17(20)12-15/h7,9-12H,13-14H2,1-5H3. The first-order valence-electron chi connectivity index (χ1n) is 7.40. The molecule has 1 aliphatic heterocycles. The monoisotopic (exact) mass is 301 g/mol. The van der Waals surface area contributed by atoms with Crippen LogP contribution in [0.15, 0.2) is 35.9 Å². The molecule has 1 nitrogen and oxygen atoms in total. The Morgan fingerprint density at radius 3 is 2.33 bits per heavy atom. The molecule has 1 aromatic carbocycles. The third-order valence-corrected chi connectivity index (χ3v) is 4.69. The fraction of sp³-hybridized carbons (Fsp3) is 0.474. The second-order valence-electron chi connectivity index (χ2n) is 7.12. The molecule has 0 spiro atoms. The predicted octanol–water partition coefficient (Wildman–Crippen LogP) is 4.90. The Balaban J connectivity index is 2.19. The van der Waals surface area contributed by atoms with Crippen LogP contribution in [0.25, 0.3) is 0 Å². The lowest BCUT2D eigenvalue weighted by atomic mass is 9.77. The van der Waals surface area contributed by atoms with E-state index in [-0.39, 0.29) is 11.1 Å². The summed E-state index contributed by atoms with van der Waals surface area (Å²) < 4.78 is 0. The third kappa shape index (κ3) is 3.90. The summed E-state index contributed by atoms with van der Waals surface area (Å²) >= 11 is 5.97. The minimum atomic E-state index is 0.172. The van der Waals surface area contributed by atoms with E-state index < -0.39 is 0 Å². The van der Waals surface area contributed by atoms with Gasteiger partial charge in [-0.2, -0.15) is 0 Å². The average Bonchev–Trinajstić information content (AvgIpc) is 2.35. The Bertz CT molecular complexity index is 594. The van der Waals surface area contributed by atoms with Gasteiger partial charge >= 0.3 is 0 Å². The van der Waals surface area contributed by atoms with Crippen molar-refractivity contribution in [2.24, 2.45) is 0 Å². The van der Waals surface area contributed by atoms with Gasteiger partial charge in [0.2, 0.25) is 0 Å². The minimum Gasteiger partial charge on any atom is -0.295 e. The van der Waals surface area contributed by atoms with E-state index in [4.69, 9.17) is 11.6 Å². The maximum absolute atomic E-state index is 5.97. The number of hydrogen-bond acceptors (Lipinski definition) is 1. The molecule has 0 saturated carbocycles. The largest absolute Gasteiger partial charge is 0.295 e. The van der Waals surface area contributed by atoms with Crippen molar-refractivity contribution in [2.45, 2.75) is 51.6 Å². The number of rotatable bonds is 0. The van der Waals surface area contributed by atoms with Crippen LogP contribution in [-0.4, -0.2) is 23.0 Å². The van der Waals surface area contributed by atoms with Crippen molar-refractivity contribution >= 4 is 11.6 Å². The summed E-state index contributed by atoms with van der Waals surface area (Å²) in [6, 6.07) is 7.68. The van der Waals surface area contributed by atoms with Gasteiger partial charge in [0.1, 0.15) is 0 Å². The molecule has 0 radical (unpaired) electrons. The highest BCUT2D eigenvalue weighted by molar-refractivity contribution is 6.30. The maximum Gasteiger partial charge on any atom is 0.0418 e. The van der Waals surface area contributed by atoms with Gasteiger partial charge in [-0.25, -0.2) is 0 Å². The van der Waals surface area contributed by atoms with Crippen molar-refractivity contribution in [1.29, 1.82) is 0 Å². The fourth-order valence-electron chi connectivity index (χ4n) is 3.12. The Kier molecular flexibility index (Phi) is 4.51. The quantitative estimate of drug-likeness (QED) is 0.616. The molecule has 0 N–H and O–H groups in total. The average molecular weight is 302 g/mol.